The summed E-state index contributed by atoms with van der Waals surface area (Å²) in [5.74, 6) is 1.09. The van der Waals surface area contributed by atoms with E-state index in [4.69, 9.17) is 10.5 Å². The van der Waals surface area contributed by atoms with Gasteiger partial charge in [-0.2, -0.15) is 11.8 Å². The highest BCUT2D eigenvalue weighted by molar-refractivity contribution is 7.99. The van der Waals surface area contributed by atoms with Crippen molar-refractivity contribution in [2.75, 3.05) is 19.0 Å². The monoisotopic (exact) mass is 175 g/mol. The Morgan fingerprint density at radius 3 is 2.73 bits per heavy atom. The molecule has 0 aromatic carbocycles. The number of hydrogen-bond donors (Lipinski definition) is 1. The molecule has 1 rings (SSSR count). The van der Waals surface area contributed by atoms with Crippen molar-refractivity contribution in [3.05, 3.63) is 0 Å². The highest BCUT2D eigenvalue weighted by Crippen LogP contribution is 2.21. The summed E-state index contributed by atoms with van der Waals surface area (Å²) < 4.78 is 5.26. The molecule has 2 nitrogen and oxygen atoms in total. The molecule has 0 aromatic heterocycles. The van der Waals surface area contributed by atoms with E-state index in [2.05, 4.69) is 6.92 Å². The topological polar surface area (TPSA) is 35.2 Å². The van der Waals surface area contributed by atoms with E-state index in [9.17, 15) is 0 Å². The van der Waals surface area contributed by atoms with Crippen LogP contribution in [0.2, 0.25) is 0 Å². The predicted molar refractivity (Wildman–Crippen MR) is 49.9 cm³/mol. The molecule has 1 atom stereocenters. The van der Waals surface area contributed by atoms with E-state index >= 15 is 0 Å². The van der Waals surface area contributed by atoms with Crippen LogP contribution in [0.25, 0.3) is 0 Å². The molecule has 3 heteroatoms. The fraction of sp³-hybridized carbons (Fsp3) is 1.00. The van der Waals surface area contributed by atoms with Crippen molar-refractivity contribution in [1.29, 1.82) is 0 Å². The Balaban J connectivity index is 2.05. The van der Waals surface area contributed by atoms with Gasteiger partial charge in [0.15, 0.2) is 0 Å². The van der Waals surface area contributed by atoms with Crippen LogP contribution >= 0.6 is 11.8 Å². The van der Waals surface area contributed by atoms with Crippen LogP contribution < -0.4 is 5.73 Å². The fourth-order valence-electron chi connectivity index (χ4n) is 1.13. The lowest BCUT2D eigenvalue weighted by molar-refractivity contribution is 0.1000. The first kappa shape index (κ1) is 9.36. The maximum atomic E-state index is 5.66. The normalized spacial score (nSPS) is 23.5. The van der Waals surface area contributed by atoms with Gasteiger partial charge in [-0.25, -0.2) is 0 Å². The molecule has 0 saturated carbocycles. The summed E-state index contributed by atoms with van der Waals surface area (Å²) in [6, 6.07) is 0.336. The molecule has 1 heterocycles. The molecule has 1 aliphatic rings. The van der Waals surface area contributed by atoms with E-state index in [1.807, 2.05) is 11.8 Å². The number of nitrogens with two attached hydrogens (primary N) is 1. The second-order valence-electron chi connectivity index (χ2n) is 3.12. The second kappa shape index (κ2) is 5.01. The summed E-state index contributed by atoms with van der Waals surface area (Å²) >= 11 is 2.00. The minimum absolute atomic E-state index is 0.336. The molecule has 0 aromatic rings. The molecule has 2 N–H and O–H groups in total. The van der Waals surface area contributed by atoms with Gasteiger partial charge in [-0.3, -0.25) is 0 Å². The van der Waals surface area contributed by atoms with Gasteiger partial charge in [-0.1, -0.05) is 0 Å². The molecule has 1 aliphatic heterocycles. The SMILES string of the molecule is C[C@H](N)CSC1CCOCC1. The molecule has 0 aliphatic carbocycles. The third kappa shape index (κ3) is 3.99. The van der Waals surface area contributed by atoms with Crippen LogP contribution in [-0.2, 0) is 4.74 Å². The van der Waals surface area contributed by atoms with Gasteiger partial charge in [0.2, 0.25) is 0 Å². The smallest absolute Gasteiger partial charge is 0.0476 e. The summed E-state index contributed by atoms with van der Waals surface area (Å²) in [6.45, 7) is 3.94. The molecular weight excluding hydrogens is 158 g/mol. The third-order valence-electron chi connectivity index (χ3n) is 1.76. The van der Waals surface area contributed by atoms with Gasteiger partial charge in [0.25, 0.3) is 0 Å². The molecule has 0 bridgehead atoms. The Bertz CT molecular complexity index is 102. The van der Waals surface area contributed by atoms with Crippen molar-refractivity contribution in [2.24, 2.45) is 5.73 Å². The predicted octanol–water partition coefficient (Wildman–Crippen LogP) is 1.25. The maximum absolute atomic E-state index is 5.66. The Morgan fingerprint density at radius 1 is 1.55 bits per heavy atom. The highest BCUT2D eigenvalue weighted by Gasteiger charge is 2.13. The molecule has 1 saturated heterocycles. The molecule has 0 unspecified atom stereocenters. The number of hydrogen-bond acceptors (Lipinski definition) is 3. The average Bonchev–Trinajstić information content (AvgIpc) is 2.03. The van der Waals surface area contributed by atoms with E-state index < -0.39 is 0 Å². The zero-order valence-corrected chi connectivity index (χ0v) is 7.90. The van der Waals surface area contributed by atoms with Crippen molar-refractivity contribution in [2.45, 2.75) is 31.1 Å². The third-order valence-corrected chi connectivity index (χ3v) is 3.42. The van der Waals surface area contributed by atoms with Gasteiger partial charge < -0.3 is 10.5 Å². The zero-order chi connectivity index (χ0) is 8.10. The molecule has 0 amide bonds. The number of ether oxygens (including phenoxy) is 1. The van der Waals surface area contributed by atoms with Crippen LogP contribution in [0.5, 0.6) is 0 Å². The van der Waals surface area contributed by atoms with E-state index in [0.717, 1.165) is 24.2 Å². The van der Waals surface area contributed by atoms with Crippen molar-refractivity contribution in [3.63, 3.8) is 0 Å². The minimum atomic E-state index is 0.336. The second-order valence-corrected chi connectivity index (χ2v) is 4.46. The van der Waals surface area contributed by atoms with Gasteiger partial charge in [0.05, 0.1) is 0 Å². The highest BCUT2D eigenvalue weighted by atomic mass is 32.2. The van der Waals surface area contributed by atoms with Crippen LogP contribution in [0, 0.1) is 0 Å². The van der Waals surface area contributed by atoms with Crippen LogP contribution in [0.4, 0.5) is 0 Å². The molecule has 0 spiro atoms. The van der Waals surface area contributed by atoms with Crippen molar-refractivity contribution >= 4 is 11.8 Å². The van der Waals surface area contributed by atoms with Crippen molar-refractivity contribution < 1.29 is 4.74 Å². The number of thioether (sulfide) groups is 1. The van der Waals surface area contributed by atoms with Gasteiger partial charge in [-0.05, 0) is 19.8 Å². The van der Waals surface area contributed by atoms with Crippen LogP contribution in [-0.4, -0.2) is 30.3 Å². The molecule has 1 fully saturated rings. The van der Waals surface area contributed by atoms with Crippen LogP contribution in [0.1, 0.15) is 19.8 Å². The lowest BCUT2D eigenvalue weighted by Gasteiger charge is -2.21. The Labute approximate surface area is 72.9 Å². The zero-order valence-electron chi connectivity index (χ0n) is 7.08. The Morgan fingerprint density at radius 2 is 2.18 bits per heavy atom. The van der Waals surface area contributed by atoms with Gasteiger partial charge in [-0.15, -0.1) is 0 Å². The van der Waals surface area contributed by atoms with E-state index in [1.165, 1.54) is 12.8 Å². The minimum Gasteiger partial charge on any atom is -0.381 e. The number of rotatable bonds is 3. The fourth-order valence-corrected chi connectivity index (χ4v) is 2.23. The Kier molecular flexibility index (Phi) is 4.26. The average molecular weight is 175 g/mol. The maximum Gasteiger partial charge on any atom is 0.0476 e. The molecular formula is C8H17NOS. The van der Waals surface area contributed by atoms with Crippen LogP contribution in [0.3, 0.4) is 0 Å². The van der Waals surface area contributed by atoms with E-state index in [0.29, 0.717) is 6.04 Å². The molecule has 0 radical (unpaired) electrons. The van der Waals surface area contributed by atoms with Crippen LogP contribution in [0.15, 0.2) is 0 Å². The molecule has 11 heavy (non-hydrogen) atoms. The summed E-state index contributed by atoms with van der Waals surface area (Å²) in [6.07, 6.45) is 2.41. The van der Waals surface area contributed by atoms with Crippen molar-refractivity contribution in [3.8, 4) is 0 Å². The quantitative estimate of drug-likeness (QED) is 0.701. The largest absolute Gasteiger partial charge is 0.381 e. The molecule has 66 valence electrons. The van der Waals surface area contributed by atoms with Gasteiger partial charge in [0, 0.05) is 30.3 Å². The van der Waals surface area contributed by atoms with Gasteiger partial charge in [0.1, 0.15) is 0 Å². The lowest BCUT2D eigenvalue weighted by Crippen LogP contribution is -2.23. The summed E-state index contributed by atoms with van der Waals surface area (Å²) in [5.41, 5.74) is 5.66. The summed E-state index contributed by atoms with van der Waals surface area (Å²) in [5, 5.41) is 0.801. The lowest BCUT2D eigenvalue weighted by atomic mass is 10.2. The first-order chi connectivity index (χ1) is 5.29. The standard InChI is InChI=1S/C8H17NOS/c1-7(9)6-11-8-2-4-10-5-3-8/h7-8H,2-6,9H2,1H3/t7-/m0/s1. The first-order valence-corrected chi connectivity index (χ1v) is 5.29. The summed E-state index contributed by atoms with van der Waals surface area (Å²) in [7, 11) is 0. The van der Waals surface area contributed by atoms with Crippen molar-refractivity contribution in [1.82, 2.24) is 0 Å². The summed E-state index contributed by atoms with van der Waals surface area (Å²) in [4.78, 5) is 0. The Hall–Kier alpha value is 0.270. The van der Waals surface area contributed by atoms with E-state index in [1.54, 1.807) is 0 Å². The van der Waals surface area contributed by atoms with E-state index in [-0.39, 0.29) is 0 Å². The van der Waals surface area contributed by atoms with Gasteiger partial charge >= 0.3 is 0 Å². The first-order valence-electron chi connectivity index (χ1n) is 4.24.